The van der Waals surface area contributed by atoms with Crippen LogP contribution in [0.4, 0.5) is 5.69 Å². The fourth-order valence-electron chi connectivity index (χ4n) is 6.21. The van der Waals surface area contributed by atoms with Crippen molar-refractivity contribution in [1.82, 2.24) is 9.71 Å². The average molecular weight is 658 g/mol. The first-order valence-electron chi connectivity index (χ1n) is 15.5. The van der Waals surface area contributed by atoms with Crippen molar-refractivity contribution in [1.29, 1.82) is 0 Å². The van der Waals surface area contributed by atoms with Crippen LogP contribution in [-0.4, -0.2) is 52.7 Å². The van der Waals surface area contributed by atoms with Gasteiger partial charge in [-0.2, -0.15) is 0 Å². The summed E-state index contributed by atoms with van der Waals surface area (Å²) in [5, 5.41) is 0.580. The van der Waals surface area contributed by atoms with Crippen LogP contribution in [0.25, 0.3) is 10.4 Å². The Morgan fingerprint density at radius 3 is 2.24 bits per heavy atom. The number of rotatable bonds is 8. The third-order valence-electron chi connectivity index (χ3n) is 8.74. The lowest BCUT2D eigenvalue weighted by atomic mass is 9.81. The molecule has 0 bridgehead atoms. The highest BCUT2D eigenvalue weighted by molar-refractivity contribution is 7.89. The lowest BCUT2D eigenvalue weighted by Gasteiger charge is -2.30. The molecule has 3 aromatic rings. The zero-order valence-electron chi connectivity index (χ0n) is 26.9. The molecule has 1 aromatic heterocycles. The summed E-state index contributed by atoms with van der Waals surface area (Å²) < 4.78 is 35.0. The first-order chi connectivity index (χ1) is 21.5. The van der Waals surface area contributed by atoms with Gasteiger partial charge in [0.1, 0.15) is 5.75 Å². The lowest BCUT2D eigenvalue weighted by Crippen LogP contribution is -2.39. The van der Waals surface area contributed by atoms with Crippen LogP contribution in [0.2, 0.25) is 0 Å². The van der Waals surface area contributed by atoms with Crippen molar-refractivity contribution in [2.45, 2.75) is 70.6 Å². The van der Waals surface area contributed by atoms with E-state index in [1.165, 1.54) is 54.6 Å². The van der Waals surface area contributed by atoms with Gasteiger partial charge in [0.15, 0.2) is 0 Å². The molecule has 9 nitrogen and oxygen atoms in total. The molecule has 0 spiro atoms. The van der Waals surface area contributed by atoms with Crippen molar-refractivity contribution < 1.29 is 28.9 Å². The number of aryl methyl sites for hydroxylation is 1. The van der Waals surface area contributed by atoms with Crippen LogP contribution in [0.15, 0.2) is 48.7 Å². The standard InChI is InChI=1S/C20H25N3O5S2.C14H20O.H2/c1-23(16-6-4-5-15(11-16)17-12-21-20(28-2)29-17)19(25)14-9-7-13(8-10-14)18(24)22-30(3,26)27;1-11-10-13(8-9-14(11)15-2)12-6-4-3-5-7-12;/h4-6,11-14H,7-10H2,1-3H3,(H,22,24);8-10,12H,3-7H2,1-2H3;1H. The van der Waals surface area contributed by atoms with Crippen molar-refractivity contribution >= 4 is 38.9 Å². The lowest BCUT2D eigenvalue weighted by molar-refractivity contribution is -0.128. The quantitative estimate of drug-likeness (QED) is 0.279. The van der Waals surface area contributed by atoms with E-state index in [-0.39, 0.29) is 19.2 Å². The van der Waals surface area contributed by atoms with Crippen LogP contribution in [0.5, 0.6) is 10.9 Å². The second-order valence-electron chi connectivity index (χ2n) is 12.0. The van der Waals surface area contributed by atoms with Gasteiger partial charge in [0.25, 0.3) is 5.19 Å². The van der Waals surface area contributed by atoms with E-state index in [2.05, 4.69) is 30.1 Å². The number of hydrogen-bond acceptors (Lipinski definition) is 8. The normalized spacial score (nSPS) is 18.7. The van der Waals surface area contributed by atoms with E-state index in [0.29, 0.717) is 30.9 Å². The third-order valence-corrected chi connectivity index (χ3v) is 10.3. The maximum absolute atomic E-state index is 13.0. The molecule has 45 heavy (non-hydrogen) atoms. The van der Waals surface area contributed by atoms with Crippen LogP contribution < -0.4 is 19.1 Å². The zero-order chi connectivity index (χ0) is 32.6. The minimum Gasteiger partial charge on any atom is -0.496 e. The summed E-state index contributed by atoms with van der Waals surface area (Å²) in [4.78, 5) is 31.8. The van der Waals surface area contributed by atoms with E-state index in [1.54, 1.807) is 32.4 Å². The minimum atomic E-state index is -3.57. The summed E-state index contributed by atoms with van der Waals surface area (Å²) in [5.41, 5.74) is 4.50. The number of benzene rings is 2. The largest absolute Gasteiger partial charge is 0.496 e. The molecule has 2 saturated carbocycles. The van der Waals surface area contributed by atoms with E-state index in [0.717, 1.165) is 34.1 Å². The fourth-order valence-corrected chi connectivity index (χ4v) is 7.47. The number of amides is 2. The van der Waals surface area contributed by atoms with Crippen molar-refractivity contribution in [3.05, 3.63) is 59.8 Å². The van der Waals surface area contributed by atoms with Gasteiger partial charge in [-0.15, -0.1) is 0 Å². The Labute approximate surface area is 272 Å². The second-order valence-corrected chi connectivity index (χ2v) is 14.7. The van der Waals surface area contributed by atoms with Crippen LogP contribution in [0, 0.1) is 18.8 Å². The van der Waals surface area contributed by atoms with Gasteiger partial charge in [0, 0.05) is 32.2 Å². The van der Waals surface area contributed by atoms with Crippen LogP contribution in [-0.2, 0) is 19.6 Å². The smallest absolute Gasteiger partial charge is 0.273 e. The van der Waals surface area contributed by atoms with Crippen LogP contribution in [0.1, 0.15) is 76.3 Å². The first kappa shape index (κ1) is 34.4. The van der Waals surface area contributed by atoms with Crippen LogP contribution >= 0.6 is 11.3 Å². The maximum atomic E-state index is 13.0. The molecule has 1 N–H and O–H groups in total. The number of carbonyl (C=O) groups is 2. The summed E-state index contributed by atoms with van der Waals surface area (Å²) in [6.07, 6.45) is 11.7. The summed E-state index contributed by atoms with van der Waals surface area (Å²) >= 11 is 1.43. The van der Waals surface area contributed by atoms with Crippen molar-refractivity contribution in [3.63, 3.8) is 0 Å². The molecule has 0 saturated heterocycles. The van der Waals surface area contributed by atoms with Gasteiger partial charge >= 0.3 is 0 Å². The Hall–Kier alpha value is -3.44. The summed E-state index contributed by atoms with van der Waals surface area (Å²) in [6.45, 7) is 2.13. The summed E-state index contributed by atoms with van der Waals surface area (Å²) in [5.74, 6) is 0.751. The number of carbonyl (C=O) groups excluding carboxylic acids is 2. The van der Waals surface area contributed by atoms with Gasteiger partial charge in [0.2, 0.25) is 21.8 Å². The number of sulfonamides is 1. The third kappa shape index (κ3) is 9.53. The van der Waals surface area contributed by atoms with Crippen LogP contribution in [0.3, 0.4) is 0 Å². The number of anilines is 1. The monoisotopic (exact) mass is 657 g/mol. The molecule has 0 aliphatic heterocycles. The summed E-state index contributed by atoms with van der Waals surface area (Å²) in [7, 11) is 1.49. The van der Waals surface area contributed by atoms with Gasteiger partial charge < -0.3 is 14.4 Å². The average Bonchev–Trinajstić information content (AvgIpc) is 3.54. The number of aromatic nitrogens is 1. The first-order valence-corrected chi connectivity index (χ1v) is 18.2. The Bertz CT molecular complexity index is 1560. The minimum absolute atomic E-state index is 0. The van der Waals surface area contributed by atoms with Gasteiger partial charge in [-0.3, -0.25) is 14.3 Å². The van der Waals surface area contributed by atoms with Gasteiger partial charge in [-0.1, -0.05) is 54.9 Å². The predicted molar refractivity (Wildman–Crippen MR) is 182 cm³/mol. The summed E-state index contributed by atoms with van der Waals surface area (Å²) in [6, 6.07) is 14.3. The fraction of sp³-hybridized carbons (Fsp3) is 0.500. The van der Waals surface area contributed by atoms with E-state index >= 15 is 0 Å². The molecule has 2 aliphatic rings. The van der Waals surface area contributed by atoms with E-state index in [1.807, 2.05) is 29.0 Å². The molecule has 0 unspecified atom stereocenters. The molecule has 2 amide bonds. The number of nitrogens with one attached hydrogen (secondary N) is 1. The van der Waals surface area contributed by atoms with Gasteiger partial charge in [-0.25, -0.2) is 13.4 Å². The second kappa shape index (κ2) is 15.7. The molecule has 0 radical (unpaired) electrons. The topological polar surface area (TPSA) is 115 Å². The van der Waals surface area contributed by atoms with Gasteiger partial charge in [-0.05, 0) is 86.3 Å². The number of nitrogens with zero attached hydrogens (tertiary/aromatic N) is 2. The predicted octanol–water partition coefficient (Wildman–Crippen LogP) is 6.96. The molecule has 11 heteroatoms. The van der Waals surface area contributed by atoms with Crippen molar-refractivity contribution in [2.24, 2.45) is 11.8 Å². The molecule has 0 atom stereocenters. The maximum Gasteiger partial charge on any atom is 0.273 e. The molecule has 2 fully saturated rings. The van der Waals surface area contributed by atoms with E-state index in [9.17, 15) is 18.0 Å². The Morgan fingerprint density at radius 1 is 0.956 bits per heavy atom. The van der Waals surface area contributed by atoms with E-state index in [4.69, 9.17) is 9.47 Å². The molecular formula is C34H47N3O6S2. The highest BCUT2D eigenvalue weighted by atomic mass is 32.2. The highest BCUT2D eigenvalue weighted by Gasteiger charge is 2.32. The van der Waals surface area contributed by atoms with Gasteiger partial charge in [0.05, 0.1) is 25.4 Å². The number of thiazole rings is 1. The molecule has 1 heterocycles. The zero-order valence-corrected chi connectivity index (χ0v) is 28.5. The van der Waals surface area contributed by atoms with Crippen molar-refractivity contribution in [3.8, 4) is 21.4 Å². The Balaban J connectivity index is 0.000000302. The molecule has 2 aliphatic carbocycles. The molecule has 246 valence electrons. The Morgan fingerprint density at radius 2 is 1.64 bits per heavy atom. The Kier molecular flexibility index (Phi) is 12.0. The van der Waals surface area contributed by atoms with E-state index < -0.39 is 15.9 Å². The van der Waals surface area contributed by atoms with Crippen molar-refractivity contribution in [2.75, 3.05) is 32.4 Å². The molecular weight excluding hydrogens is 611 g/mol. The number of methoxy groups -OCH3 is 2. The number of hydrogen-bond donors (Lipinski definition) is 1. The molecule has 5 rings (SSSR count). The number of ether oxygens (including phenoxy) is 2. The SMILES string of the molecule is COc1ccc(C2CCCCC2)cc1C.COc1ncc(-c2cccc(N(C)C(=O)C3CCC(C(=O)NS(C)(=O)=O)CC3)c2)s1.[HH]. The highest BCUT2D eigenvalue weighted by Crippen LogP contribution is 2.36. The molecule has 2 aromatic carbocycles.